The molecule has 2 N–H and O–H groups in total. The van der Waals surface area contributed by atoms with Gasteiger partial charge in [0.1, 0.15) is 5.52 Å². The minimum absolute atomic E-state index is 0.0176. The largest absolute Gasteiger partial charge is 0.395 e. The zero-order valence-corrected chi connectivity index (χ0v) is 17.6. The van der Waals surface area contributed by atoms with Gasteiger partial charge in [0.2, 0.25) is 0 Å². The molecule has 0 unspecified atom stereocenters. The molecule has 1 aromatic heterocycles. The van der Waals surface area contributed by atoms with Gasteiger partial charge >= 0.3 is 0 Å². The monoisotopic (exact) mass is 422 g/mol. The Morgan fingerprint density at radius 1 is 1.19 bits per heavy atom. The van der Waals surface area contributed by atoms with Crippen LogP contribution in [0, 0.1) is 0 Å². The minimum Gasteiger partial charge on any atom is -0.395 e. The van der Waals surface area contributed by atoms with Crippen LogP contribution in [0.15, 0.2) is 34.9 Å². The van der Waals surface area contributed by atoms with Crippen molar-refractivity contribution in [1.29, 1.82) is 0 Å². The van der Waals surface area contributed by atoms with Crippen LogP contribution in [0.2, 0.25) is 0 Å². The standard InChI is InChI=1S/C23H26N4O4/c1-26(8-11-28)7-6-24-17-14-18(27-9-12-30-13-10-27)21-20-19(17)22(29)15-4-2-3-5-16(15)23(20)31-25-21/h2-5,14,24,28H,6-13H2,1H3. The highest BCUT2D eigenvalue weighted by molar-refractivity contribution is 6.28. The normalized spacial score (nSPS) is 15.6. The number of ketones is 1. The molecule has 0 amide bonds. The Morgan fingerprint density at radius 2 is 1.97 bits per heavy atom. The average Bonchev–Trinajstić information content (AvgIpc) is 3.24. The van der Waals surface area contributed by atoms with Gasteiger partial charge in [-0.15, -0.1) is 0 Å². The molecule has 1 aliphatic carbocycles. The summed E-state index contributed by atoms with van der Waals surface area (Å²) in [5, 5.41) is 17.8. The Morgan fingerprint density at radius 3 is 2.74 bits per heavy atom. The van der Waals surface area contributed by atoms with E-state index in [-0.39, 0.29) is 12.4 Å². The number of anilines is 2. The van der Waals surface area contributed by atoms with Gasteiger partial charge in [-0.1, -0.05) is 29.4 Å². The van der Waals surface area contributed by atoms with E-state index in [4.69, 9.17) is 14.4 Å². The third kappa shape index (κ3) is 3.46. The highest BCUT2D eigenvalue weighted by Gasteiger charge is 2.33. The number of nitrogens with one attached hydrogen (secondary N) is 1. The summed E-state index contributed by atoms with van der Waals surface area (Å²) < 4.78 is 11.3. The number of carbonyl (C=O) groups excluding carboxylic acids is 1. The lowest BCUT2D eigenvalue weighted by atomic mass is 9.86. The number of hydrogen-bond acceptors (Lipinski definition) is 8. The zero-order valence-electron chi connectivity index (χ0n) is 17.6. The quantitative estimate of drug-likeness (QED) is 0.469. The Balaban J connectivity index is 1.62. The molecule has 3 aromatic rings. The fourth-order valence-corrected chi connectivity index (χ4v) is 4.39. The van der Waals surface area contributed by atoms with Gasteiger partial charge < -0.3 is 29.5 Å². The van der Waals surface area contributed by atoms with Crippen molar-refractivity contribution in [1.82, 2.24) is 10.1 Å². The molecule has 1 saturated heterocycles. The van der Waals surface area contributed by atoms with Crippen LogP contribution in [-0.4, -0.2) is 80.5 Å². The van der Waals surface area contributed by atoms with Crippen molar-refractivity contribution in [2.24, 2.45) is 0 Å². The van der Waals surface area contributed by atoms with Crippen LogP contribution >= 0.6 is 0 Å². The maximum atomic E-state index is 13.5. The number of likely N-dealkylation sites (N-methyl/N-ethyl adjacent to an activating group) is 1. The van der Waals surface area contributed by atoms with Gasteiger partial charge in [-0.25, -0.2) is 0 Å². The average molecular weight is 422 g/mol. The van der Waals surface area contributed by atoms with Crippen molar-refractivity contribution < 1.29 is 19.2 Å². The van der Waals surface area contributed by atoms with Gasteiger partial charge in [0, 0.05) is 49.5 Å². The van der Waals surface area contributed by atoms with E-state index >= 15 is 0 Å². The van der Waals surface area contributed by atoms with E-state index in [0.717, 1.165) is 47.5 Å². The van der Waals surface area contributed by atoms with Crippen LogP contribution in [-0.2, 0) is 4.74 Å². The smallest absolute Gasteiger partial charge is 0.196 e. The van der Waals surface area contributed by atoms with Gasteiger partial charge in [0.05, 0.1) is 36.5 Å². The summed E-state index contributed by atoms with van der Waals surface area (Å²) in [7, 11) is 1.96. The topological polar surface area (TPSA) is 91.1 Å². The number of fused-ring (bicyclic) bond motifs is 2. The summed E-state index contributed by atoms with van der Waals surface area (Å²) in [5.74, 6) is 0.631. The molecular weight excluding hydrogens is 396 g/mol. The molecule has 8 nitrogen and oxygen atoms in total. The molecule has 31 heavy (non-hydrogen) atoms. The highest BCUT2D eigenvalue weighted by Crippen LogP contribution is 2.45. The van der Waals surface area contributed by atoms with Gasteiger partial charge in [-0.3, -0.25) is 4.79 Å². The number of morpholine rings is 1. The lowest BCUT2D eigenvalue weighted by Crippen LogP contribution is -2.36. The molecule has 2 aliphatic rings. The first-order chi connectivity index (χ1) is 15.2. The molecule has 1 fully saturated rings. The number of hydrogen-bond donors (Lipinski definition) is 2. The van der Waals surface area contributed by atoms with Crippen molar-refractivity contribution in [2.45, 2.75) is 0 Å². The number of aromatic nitrogens is 1. The summed E-state index contributed by atoms with van der Waals surface area (Å²) in [6.45, 7) is 4.96. The Labute approximate surface area is 180 Å². The summed E-state index contributed by atoms with van der Waals surface area (Å²) >= 11 is 0. The molecule has 0 radical (unpaired) electrons. The molecule has 2 heterocycles. The molecular formula is C23H26N4O4. The van der Waals surface area contributed by atoms with Gasteiger partial charge in [0.25, 0.3) is 0 Å². The number of benzene rings is 2. The summed E-state index contributed by atoms with van der Waals surface area (Å²) in [6.07, 6.45) is 0. The zero-order chi connectivity index (χ0) is 21.4. The van der Waals surface area contributed by atoms with Crippen LogP contribution < -0.4 is 10.2 Å². The minimum atomic E-state index is -0.0176. The maximum Gasteiger partial charge on any atom is 0.196 e. The summed E-state index contributed by atoms with van der Waals surface area (Å²) in [5.41, 5.74) is 4.50. The van der Waals surface area contributed by atoms with Crippen LogP contribution in [0.3, 0.4) is 0 Å². The van der Waals surface area contributed by atoms with Gasteiger partial charge in [-0.2, -0.15) is 0 Å². The van der Waals surface area contributed by atoms with Crippen molar-refractivity contribution in [3.05, 3.63) is 41.5 Å². The second kappa shape index (κ2) is 8.30. The first kappa shape index (κ1) is 20.0. The number of rotatable bonds is 7. The van der Waals surface area contributed by atoms with Crippen molar-refractivity contribution in [3.8, 4) is 11.3 Å². The molecule has 2 aromatic carbocycles. The van der Waals surface area contributed by atoms with E-state index in [1.165, 1.54) is 0 Å². The molecule has 0 saturated carbocycles. The van der Waals surface area contributed by atoms with Crippen molar-refractivity contribution in [3.63, 3.8) is 0 Å². The maximum absolute atomic E-state index is 13.5. The highest BCUT2D eigenvalue weighted by atomic mass is 16.5. The van der Waals surface area contributed by atoms with Crippen molar-refractivity contribution >= 4 is 28.1 Å². The third-order valence-corrected chi connectivity index (χ3v) is 6.02. The van der Waals surface area contributed by atoms with E-state index in [1.54, 1.807) is 0 Å². The van der Waals surface area contributed by atoms with Crippen LogP contribution in [0.4, 0.5) is 11.4 Å². The second-order valence-corrected chi connectivity index (χ2v) is 7.98. The Bertz CT molecular complexity index is 1120. The molecule has 0 spiro atoms. The predicted molar refractivity (Wildman–Crippen MR) is 119 cm³/mol. The SMILES string of the molecule is CN(CCO)CCNc1cc(N2CCOCC2)c2noc3c2c1C(=O)c1ccccc1-3. The van der Waals surface area contributed by atoms with Crippen molar-refractivity contribution in [2.75, 3.05) is 69.8 Å². The van der Waals surface area contributed by atoms with Crippen LogP contribution in [0.5, 0.6) is 0 Å². The molecule has 0 bridgehead atoms. The molecule has 1 aliphatic heterocycles. The number of nitrogens with zero attached hydrogens (tertiary/aromatic N) is 3. The number of ether oxygens (including phenoxy) is 1. The lowest BCUT2D eigenvalue weighted by molar-refractivity contribution is 0.104. The Kier molecular flexibility index (Phi) is 5.35. The van der Waals surface area contributed by atoms with E-state index in [1.807, 2.05) is 42.3 Å². The Hall–Kier alpha value is -2.94. The molecule has 8 heteroatoms. The predicted octanol–water partition coefficient (Wildman–Crippen LogP) is 2.21. The first-order valence-corrected chi connectivity index (χ1v) is 10.7. The van der Waals surface area contributed by atoms with E-state index in [2.05, 4.69) is 15.4 Å². The second-order valence-electron chi connectivity index (χ2n) is 7.98. The lowest BCUT2D eigenvalue weighted by Gasteiger charge is -2.30. The number of aliphatic hydroxyl groups excluding tert-OH is 1. The fourth-order valence-electron chi connectivity index (χ4n) is 4.39. The van der Waals surface area contributed by atoms with E-state index < -0.39 is 0 Å². The number of carbonyl (C=O) groups is 1. The third-order valence-electron chi connectivity index (χ3n) is 6.02. The van der Waals surface area contributed by atoms with E-state index in [9.17, 15) is 4.79 Å². The van der Waals surface area contributed by atoms with Crippen LogP contribution in [0.1, 0.15) is 15.9 Å². The summed E-state index contributed by atoms with van der Waals surface area (Å²) in [6, 6.07) is 9.55. The van der Waals surface area contributed by atoms with Gasteiger partial charge in [-0.05, 0) is 13.1 Å². The molecule has 162 valence electrons. The molecule has 5 rings (SSSR count). The first-order valence-electron chi connectivity index (χ1n) is 10.7. The summed E-state index contributed by atoms with van der Waals surface area (Å²) in [4.78, 5) is 17.8. The molecule has 0 atom stereocenters. The van der Waals surface area contributed by atoms with Gasteiger partial charge in [0.15, 0.2) is 11.5 Å². The van der Waals surface area contributed by atoms with E-state index in [0.29, 0.717) is 43.2 Å². The fraction of sp³-hybridized carbons (Fsp3) is 0.391. The number of aliphatic hydroxyl groups is 1. The van der Waals surface area contributed by atoms with Crippen LogP contribution in [0.25, 0.3) is 22.2 Å².